The maximum atomic E-state index is 12.8. The molecular weight excluding hydrogens is 143 g/mol. The van der Waals surface area contributed by atoms with Gasteiger partial charge in [0.25, 0.3) is 0 Å². The molecule has 0 amide bonds. The van der Waals surface area contributed by atoms with Gasteiger partial charge in [0, 0.05) is 18.3 Å². The number of rotatable bonds is 2. The lowest BCUT2D eigenvalue weighted by Crippen LogP contribution is -2.02. The summed E-state index contributed by atoms with van der Waals surface area (Å²) >= 11 is 0. The van der Waals surface area contributed by atoms with E-state index in [0.29, 0.717) is 11.1 Å². The van der Waals surface area contributed by atoms with Gasteiger partial charge in [-0.2, -0.15) is 0 Å². The quantitative estimate of drug-likeness (QED) is 0.691. The highest BCUT2D eigenvalue weighted by molar-refractivity contribution is 5.64. The van der Waals surface area contributed by atoms with Gasteiger partial charge in [-0.3, -0.25) is 4.98 Å². The van der Waals surface area contributed by atoms with Gasteiger partial charge in [0.15, 0.2) is 0 Å². The summed E-state index contributed by atoms with van der Waals surface area (Å²) in [6.45, 7) is 3.88. The standard InChI is InChI=1S/C8H9FN2/c1-6(4-10)7-2-3-11-5-8(7)9/h2-3,5H,1,4,10H2. The molecule has 0 fully saturated rings. The Morgan fingerprint density at radius 3 is 3.00 bits per heavy atom. The van der Waals surface area contributed by atoms with E-state index < -0.39 is 0 Å². The SMILES string of the molecule is C=C(CN)c1ccncc1F. The van der Waals surface area contributed by atoms with E-state index in [-0.39, 0.29) is 12.4 Å². The van der Waals surface area contributed by atoms with Crippen LogP contribution in [0.5, 0.6) is 0 Å². The first-order chi connectivity index (χ1) is 5.25. The molecule has 0 aliphatic rings. The molecule has 2 N–H and O–H groups in total. The average Bonchev–Trinajstić information content (AvgIpc) is 2.04. The molecule has 0 saturated heterocycles. The Balaban J connectivity index is 3.03. The van der Waals surface area contributed by atoms with E-state index in [9.17, 15) is 4.39 Å². The smallest absolute Gasteiger partial charge is 0.148 e. The first-order valence-corrected chi connectivity index (χ1v) is 3.23. The van der Waals surface area contributed by atoms with Crippen molar-refractivity contribution in [1.29, 1.82) is 0 Å². The number of hydrogen-bond acceptors (Lipinski definition) is 2. The molecule has 11 heavy (non-hydrogen) atoms. The third kappa shape index (κ3) is 1.62. The van der Waals surface area contributed by atoms with Crippen molar-refractivity contribution in [2.45, 2.75) is 0 Å². The molecule has 1 rings (SSSR count). The average molecular weight is 152 g/mol. The number of nitrogens with two attached hydrogens (primary N) is 1. The molecule has 1 aromatic heterocycles. The van der Waals surface area contributed by atoms with E-state index >= 15 is 0 Å². The molecule has 1 aromatic rings. The zero-order valence-corrected chi connectivity index (χ0v) is 6.05. The lowest BCUT2D eigenvalue weighted by molar-refractivity contribution is 0.617. The van der Waals surface area contributed by atoms with Gasteiger partial charge in [-0.1, -0.05) is 6.58 Å². The van der Waals surface area contributed by atoms with Crippen molar-refractivity contribution in [2.75, 3.05) is 6.54 Å². The molecule has 3 heteroatoms. The van der Waals surface area contributed by atoms with Crippen molar-refractivity contribution in [3.05, 3.63) is 36.4 Å². The number of pyridine rings is 1. The molecule has 0 bridgehead atoms. The first-order valence-electron chi connectivity index (χ1n) is 3.23. The molecule has 0 spiro atoms. The van der Waals surface area contributed by atoms with Crippen LogP contribution in [0.4, 0.5) is 4.39 Å². The summed E-state index contributed by atoms with van der Waals surface area (Å²) in [6.07, 6.45) is 2.66. The lowest BCUT2D eigenvalue weighted by atomic mass is 10.1. The minimum atomic E-state index is -0.372. The zero-order valence-electron chi connectivity index (χ0n) is 6.05. The van der Waals surface area contributed by atoms with Crippen LogP contribution >= 0.6 is 0 Å². The minimum Gasteiger partial charge on any atom is -0.326 e. The van der Waals surface area contributed by atoms with Gasteiger partial charge in [0.1, 0.15) is 5.82 Å². The van der Waals surface area contributed by atoms with E-state index in [2.05, 4.69) is 11.6 Å². The Morgan fingerprint density at radius 1 is 1.73 bits per heavy atom. The van der Waals surface area contributed by atoms with Gasteiger partial charge in [-0.05, 0) is 11.6 Å². The molecule has 58 valence electrons. The second-order valence-corrected chi connectivity index (χ2v) is 2.16. The van der Waals surface area contributed by atoms with Gasteiger partial charge >= 0.3 is 0 Å². The largest absolute Gasteiger partial charge is 0.326 e. The fourth-order valence-corrected chi connectivity index (χ4v) is 0.772. The van der Waals surface area contributed by atoms with Crippen molar-refractivity contribution in [2.24, 2.45) is 5.73 Å². The van der Waals surface area contributed by atoms with Crippen LogP contribution in [0.25, 0.3) is 5.57 Å². The van der Waals surface area contributed by atoms with E-state index in [1.807, 2.05) is 0 Å². The van der Waals surface area contributed by atoms with Gasteiger partial charge in [0.2, 0.25) is 0 Å². The van der Waals surface area contributed by atoms with Gasteiger partial charge in [0.05, 0.1) is 6.20 Å². The highest BCUT2D eigenvalue weighted by atomic mass is 19.1. The third-order valence-electron chi connectivity index (χ3n) is 1.40. The summed E-state index contributed by atoms with van der Waals surface area (Å²) in [5, 5.41) is 0. The Bertz CT molecular complexity index is 271. The molecule has 0 aliphatic carbocycles. The lowest BCUT2D eigenvalue weighted by Gasteiger charge is -2.01. The second-order valence-electron chi connectivity index (χ2n) is 2.16. The van der Waals surface area contributed by atoms with Gasteiger partial charge in [-0.25, -0.2) is 4.39 Å². The summed E-state index contributed by atoms with van der Waals surface area (Å²) in [7, 11) is 0. The number of aromatic nitrogens is 1. The maximum absolute atomic E-state index is 12.8. The number of halogens is 1. The van der Waals surface area contributed by atoms with Crippen molar-refractivity contribution in [3.63, 3.8) is 0 Å². The summed E-state index contributed by atoms with van der Waals surface area (Å²) in [5.41, 5.74) is 6.32. The molecule has 2 nitrogen and oxygen atoms in total. The second kappa shape index (κ2) is 3.25. The molecule has 0 aliphatic heterocycles. The van der Waals surface area contributed by atoms with Crippen molar-refractivity contribution >= 4 is 5.57 Å². The van der Waals surface area contributed by atoms with Crippen molar-refractivity contribution in [1.82, 2.24) is 4.98 Å². The fraction of sp³-hybridized carbons (Fsp3) is 0.125. The molecule has 0 saturated carbocycles. The van der Waals surface area contributed by atoms with Crippen LogP contribution in [-0.2, 0) is 0 Å². The zero-order chi connectivity index (χ0) is 8.27. The first kappa shape index (κ1) is 7.88. The van der Waals surface area contributed by atoms with Crippen LogP contribution in [0.2, 0.25) is 0 Å². The maximum Gasteiger partial charge on any atom is 0.148 e. The van der Waals surface area contributed by atoms with Crippen LogP contribution in [0.15, 0.2) is 25.0 Å². The Morgan fingerprint density at radius 2 is 2.45 bits per heavy atom. The van der Waals surface area contributed by atoms with Crippen molar-refractivity contribution in [3.8, 4) is 0 Å². The molecule has 0 atom stereocenters. The number of hydrogen-bond donors (Lipinski definition) is 1. The van der Waals surface area contributed by atoms with Crippen LogP contribution < -0.4 is 5.73 Å². The predicted molar refractivity (Wildman–Crippen MR) is 42.3 cm³/mol. The molecule has 0 radical (unpaired) electrons. The monoisotopic (exact) mass is 152 g/mol. The molecule has 0 aromatic carbocycles. The Kier molecular flexibility index (Phi) is 2.33. The Labute approximate surface area is 64.6 Å². The Hall–Kier alpha value is -1.22. The van der Waals surface area contributed by atoms with Crippen molar-refractivity contribution < 1.29 is 4.39 Å². The topological polar surface area (TPSA) is 38.9 Å². The van der Waals surface area contributed by atoms with E-state index in [4.69, 9.17) is 5.73 Å². The van der Waals surface area contributed by atoms with E-state index in [1.165, 1.54) is 6.20 Å². The van der Waals surface area contributed by atoms with Crippen LogP contribution in [0.3, 0.4) is 0 Å². The summed E-state index contributed by atoms with van der Waals surface area (Å²) in [6, 6.07) is 1.56. The summed E-state index contributed by atoms with van der Waals surface area (Å²) < 4.78 is 12.8. The normalized spacial score (nSPS) is 9.64. The highest BCUT2D eigenvalue weighted by Crippen LogP contribution is 2.12. The van der Waals surface area contributed by atoms with Crippen LogP contribution in [0, 0.1) is 5.82 Å². The molecular formula is C8H9FN2. The highest BCUT2D eigenvalue weighted by Gasteiger charge is 2.02. The van der Waals surface area contributed by atoms with Crippen LogP contribution in [0.1, 0.15) is 5.56 Å². The summed E-state index contributed by atoms with van der Waals surface area (Å²) in [4.78, 5) is 3.60. The van der Waals surface area contributed by atoms with E-state index in [1.54, 1.807) is 6.07 Å². The molecule has 1 heterocycles. The minimum absolute atomic E-state index is 0.265. The summed E-state index contributed by atoms with van der Waals surface area (Å²) in [5.74, 6) is -0.372. The van der Waals surface area contributed by atoms with Gasteiger partial charge in [-0.15, -0.1) is 0 Å². The third-order valence-corrected chi connectivity index (χ3v) is 1.40. The van der Waals surface area contributed by atoms with E-state index in [0.717, 1.165) is 6.20 Å². The number of nitrogens with zero attached hydrogens (tertiary/aromatic N) is 1. The van der Waals surface area contributed by atoms with Gasteiger partial charge < -0.3 is 5.73 Å². The fourth-order valence-electron chi connectivity index (χ4n) is 0.772. The molecule has 0 unspecified atom stereocenters. The predicted octanol–water partition coefficient (Wildman–Crippen LogP) is 1.19. The van der Waals surface area contributed by atoms with Crippen LogP contribution in [-0.4, -0.2) is 11.5 Å².